The molecule has 0 saturated carbocycles. The minimum absolute atomic E-state index is 0.0370. The maximum Gasteiger partial charge on any atom is 0.417 e. The fourth-order valence-electron chi connectivity index (χ4n) is 3.65. The van der Waals surface area contributed by atoms with Crippen LogP contribution in [0.15, 0.2) is 88.9 Å². The Bertz CT molecular complexity index is 1330. The molecule has 0 atom stereocenters. The number of hydrogen-bond acceptors (Lipinski definition) is 4. The molecule has 2 N–H and O–H groups in total. The van der Waals surface area contributed by atoms with E-state index in [4.69, 9.17) is 0 Å². The maximum absolute atomic E-state index is 13.8. The summed E-state index contributed by atoms with van der Waals surface area (Å²) in [5.74, 6) is 0.117. The number of nitrogens with one attached hydrogen (secondary N) is 1. The zero-order valence-corrected chi connectivity index (χ0v) is 19.2. The van der Waals surface area contributed by atoms with Crippen LogP contribution in [0.25, 0.3) is 28.2 Å². The third-order valence-corrected chi connectivity index (χ3v) is 6.03. The van der Waals surface area contributed by atoms with Crippen molar-refractivity contribution in [1.82, 2.24) is 15.0 Å². The Balaban J connectivity index is 1.85. The van der Waals surface area contributed by atoms with Crippen LogP contribution < -0.4 is 5.48 Å². The van der Waals surface area contributed by atoms with Gasteiger partial charge >= 0.3 is 6.18 Å². The van der Waals surface area contributed by atoms with Gasteiger partial charge in [-0.25, -0.2) is 4.98 Å². The number of aromatic nitrogens is 2. The smallest absolute Gasteiger partial charge is 0.299 e. The summed E-state index contributed by atoms with van der Waals surface area (Å²) in [5.41, 5.74) is 3.90. The molecule has 34 heavy (non-hydrogen) atoms. The van der Waals surface area contributed by atoms with Gasteiger partial charge in [0, 0.05) is 29.4 Å². The average molecular weight is 483 g/mol. The van der Waals surface area contributed by atoms with Gasteiger partial charge in [-0.2, -0.15) is 13.2 Å². The van der Waals surface area contributed by atoms with Crippen molar-refractivity contribution in [2.45, 2.75) is 11.1 Å². The molecule has 0 aliphatic carbocycles. The van der Waals surface area contributed by atoms with E-state index in [-0.39, 0.29) is 22.9 Å². The fourth-order valence-corrected chi connectivity index (χ4v) is 4.10. The van der Waals surface area contributed by atoms with Gasteiger partial charge in [0.15, 0.2) is 5.84 Å². The maximum atomic E-state index is 13.8. The Labute approximate surface area is 199 Å². The van der Waals surface area contributed by atoms with Gasteiger partial charge in [0.25, 0.3) is 0 Å². The lowest BCUT2D eigenvalue weighted by molar-refractivity contribution is -0.137. The van der Waals surface area contributed by atoms with E-state index in [1.54, 1.807) is 16.3 Å². The number of hydrogen-bond donors (Lipinski definition) is 2. The highest BCUT2D eigenvalue weighted by Crippen LogP contribution is 2.37. The highest BCUT2D eigenvalue weighted by Gasteiger charge is 2.34. The number of aliphatic imine (C=N–C) groups is 1. The lowest BCUT2D eigenvalue weighted by atomic mass is 10.0. The summed E-state index contributed by atoms with van der Waals surface area (Å²) in [6, 6.07) is 20.8. The van der Waals surface area contributed by atoms with Crippen molar-refractivity contribution in [3.05, 3.63) is 90.3 Å². The number of alkyl halides is 3. The molecule has 5 nitrogen and oxygen atoms in total. The minimum atomic E-state index is -4.56. The Hall–Kier alpha value is -3.56. The van der Waals surface area contributed by atoms with Crippen LogP contribution in [0.2, 0.25) is 0 Å². The number of halogens is 3. The molecule has 174 valence electrons. The van der Waals surface area contributed by atoms with Crippen LogP contribution in [0.3, 0.4) is 0 Å². The summed E-state index contributed by atoms with van der Waals surface area (Å²) in [6.45, 7) is 0. The number of rotatable bonds is 5. The molecule has 3 aromatic carbocycles. The Morgan fingerprint density at radius 2 is 1.74 bits per heavy atom. The first-order valence-corrected chi connectivity index (χ1v) is 11.5. The van der Waals surface area contributed by atoms with Crippen LogP contribution in [0, 0.1) is 0 Å². The van der Waals surface area contributed by atoms with Crippen molar-refractivity contribution >= 4 is 17.6 Å². The number of nitrogens with zero attached hydrogens (tertiary/aromatic N) is 3. The third kappa shape index (κ3) is 4.71. The monoisotopic (exact) mass is 482 g/mol. The highest BCUT2D eigenvalue weighted by molar-refractivity contribution is 7.98. The van der Waals surface area contributed by atoms with Gasteiger partial charge < -0.3 is 0 Å². The number of hydroxylamine groups is 1. The molecule has 0 spiro atoms. The molecule has 1 aromatic heterocycles. The predicted octanol–water partition coefficient (Wildman–Crippen LogP) is 6.30. The Morgan fingerprint density at radius 3 is 2.38 bits per heavy atom. The Kier molecular flexibility index (Phi) is 6.76. The predicted molar refractivity (Wildman–Crippen MR) is 129 cm³/mol. The second-order valence-electron chi connectivity index (χ2n) is 7.33. The van der Waals surface area contributed by atoms with Crippen LogP contribution in [-0.2, 0) is 6.18 Å². The van der Waals surface area contributed by atoms with Gasteiger partial charge in [-0.15, -0.1) is 11.8 Å². The van der Waals surface area contributed by atoms with Crippen LogP contribution >= 0.6 is 11.8 Å². The lowest BCUT2D eigenvalue weighted by Crippen LogP contribution is -2.20. The van der Waals surface area contributed by atoms with E-state index in [0.29, 0.717) is 5.69 Å². The zero-order valence-electron chi connectivity index (χ0n) is 18.3. The van der Waals surface area contributed by atoms with Gasteiger partial charge in [0.2, 0.25) is 0 Å². The molecule has 9 heteroatoms. The zero-order chi connectivity index (χ0) is 24.3. The molecule has 0 saturated heterocycles. The molecule has 4 aromatic rings. The molecule has 4 rings (SSSR count). The molecular weight excluding hydrogens is 461 g/mol. The summed E-state index contributed by atoms with van der Waals surface area (Å²) < 4.78 is 42.8. The second kappa shape index (κ2) is 9.74. The van der Waals surface area contributed by atoms with Crippen molar-refractivity contribution in [2.75, 3.05) is 13.3 Å². The summed E-state index contributed by atoms with van der Waals surface area (Å²) >= 11 is 1.65. The van der Waals surface area contributed by atoms with Gasteiger partial charge in [0.05, 0.1) is 5.56 Å². The molecule has 0 bridgehead atoms. The van der Waals surface area contributed by atoms with Crippen molar-refractivity contribution in [3.8, 4) is 28.2 Å². The van der Waals surface area contributed by atoms with Crippen LogP contribution in [0.5, 0.6) is 0 Å². The summed E-state index contributed by atoms with van der Waals surface area (Å²) in [6.07, 6.45) is -1.01. The first-order valence-electron chi connectivity index (χ1n) is 10.2. The molecule has 0 amide bonds. The van der Waals surface area contributed by atoms with Crippen LogP contribution in [-0.4, -0.2) is 33.9 Å². The molecule has 0 fully saturated rings. The number of amidine groups is 1. The van der Waals surface area contributed by atoms with E-state index in [0.717, 1.165) is 22.1 Å². The third-order valence-electron chi connectivity index (χ3n) is 5.30. The topological polar surface area (TPSA) is 62.4 Å². The average Bonchev–Trinajstić information content (AvgIpc) is 3.29. The molecule has 0 unspecified atom stereocenters. The van der Waals surface area contributed by atoms with E-state index in [2.05, 4.69) is 16.0 Å². The molecule has 0 aliphatic rings. The minimum Gasteiger partial charge on any atom is -0.299 e. The van der Waals surface area contributed by atoms with E-state index < -0.39 is 11.7 Å². The SMILES string of the molecule is CN=C(NO)c1cn(-c2ccc(-c3cccc(SC)c3)cc2)c(-c2ccccc2C(F)(F)F)n1. The fraction of sp³-hybridized carbons (Fsp3) is 0.120. The normalized spacial score (nSPS) is 12.1. The molecular formula is C25H21F3N4OS. The summed E-state index contributed by atoms with van der Waals surface area (Å²) in [4.78, 5) is 9.43. The number of imidazole rings is 1. The van der Waals surface area contributed by atoms with Crippen LogP contribution in [0.4, 0.5) is 13.2 Å². The number of benzene rings is 3. The van der Waals surface area contributed by atoms with Crippen molar-refractivity contribution < 1.29 is 18.4 Å². The van der Waals surface area contributed by atoms with E-state index in [9.17, 15) is 18.4 Å². The molecule has 0 radical (unpaired) electrons. The van der Waals surface area contributed by atoms with E-state index >= 15 is 0 Å². The summed E-state index contributed by atoms with van der Waals surface area (Å²) in [5, 5.41) is 9.40. The van der Waals surface area contributed by atoms with Gasteiger partial charge in [-0.05, 0) is 47.7 Å². The first-order chi connectivity index (χ1) is 16.4. The standard InChI is InChI=1S/C25H21F3N4OS/c1-29-23(31-33)22-15-32(24(30-22)20-8-3-4-9-21(20)25(26,27)28)18-12-10-16(11-13-18)17-6-5-7-19(14-17)34-2/h3-15,33H,1-2H3,(H,29,31). The van der Waals surface area contributed by atoms with Crippen molar-refractivity contribution in [1.29, 1.82) is 0 Å². The van der Waals surface area contributed by atoms with Crippen molar-refractivity contribution in [3.63, 3.8) is 0 Å². The van der Waals surface area contributed by atoms with Crippen LogP contribution in [0.1, 0.15) is 11.3 Å². The van der Waals surface area contributed by atoms with E-state index in [1.165, 1.54) is 31.4 Å². The molecule has 0 aliphatic heterocycles. The first kappa shape index (κ1) is 23.6. The largest absolute Gasteiger partial charge is 0.417 e. The number of thioether (sulfide) groups is 1. The highest BCUT2D eigenvalue weighted by atomic mass is 32.2. The van der Waals surface area contributed by atoms with Gasteiger partial charge in [0.1, 0.15) is 11.5 Å². The Morgan fingerprint density at radius 1 is 1.00 bits per heavy atom. The molecule has 1 heterocycles. The van der Waals surface area contributed by atoms with Gasteiger partial charge in [-0.3, -0.25) is 20.2 Å². The second-order valence-corrected chi connectivity index (χ2v) is 8.21. The van der Waals surface area contributed by atoms with Crippen molar-refractivity contribution in [2.24, 2.45) is 4.99 Å². The quantitative estimate of drug-likeness (QED) is 0.152. The van der Waals surface area contributed by atoms with E-state index in [1.807, 2.05) is 54.2 Å². The lowest BCUT2D eigenvalue weighted by Gasteiger charge is -2.14. The summed E-state index contributed by atoms with van der Waals surface area (Å²) in [7, 11) is 1.44. The van der Waals surface area contributed by atoms with Gasteiger partial charge in [-0.1, -0.05) is 42.5 Å².